The van der Waals surface area contributed by atoms with Crippen molar-refractivity contribution in [3.63, 3.8) is 0 Å². The van der Waals surface area contributed by atoms with Crippen molar-refractivity contribution >= 4 is 10.8 Å². The number of rotatable bonds is 5. The SMILES string of the molecule is CC(C)C(CCS(C)=O)C(C)C. The third-order valence-corrected chi connectivity index (χ3v) is 3.26. The predicted octanol–water partition coefficient (Wildman–Crippen LogP) is 2.68. The van der Waals surface area contributed by atoms with Crippen LogP contribution < -0.4 is 0 Å². The van der Waals surface area contributed by atoms with Gasteiger partial charge in [0.1, 0.15) is 0 Å². The van der Waals surface area contributed by atoms with E-state index in [1.807, 2.05) is 0 Å². The average Bonchev–Trinajstić information content (AvgIpc) is 1.84. The summed E-state index contributed by atoms with van der Waals surface area (Å²) in [5.74, 6) is 3.03. The Labute approximate surface area is 79.4 Å². The van der Waals surface area contributed by atoms with Crippen LogP contribution in [0.2, 0.25) is 0 Å². The van der Waals surface area contributed by atoms with Gasteiger partial charge >= 0.3 is 0 Å². The van der Waals surface area contributed by atoms with Crippen LogP contribution in [0, 0.1) is 17.8 Å². The van der Waals surface area contributed by atoms with Gasteiger partial charge in [-0.3, -0.25) is 4.21 Å². The molecule has 0 aliphatic heterocycles. The molecule has 0 fully saturated rings. The quantitative estimate of drug-likeness (QED) is 0.651. The van der Waals surface area contributed by atoms with Crippen LogP contribution in [0.3, 0.4) is 0 Å². The van der Waals surface area contributed by atoms with Crippen molar-refractivity contribution in [2.45, 2.75) is 34.1 Å². The lowest BCUT2D eigenvalue weighted by atomic mass is 9.84. The molecule has 12 heavy (non-hydrogen) atoms. The van der Waals surface area contributed by atoms with E-state index in [1.165, 1.54) is 0 Å². The highest BCUT2D eigenvalue weighted by molar-refractivity contribution is 7.84. The van der Waals surface area contributed by atoms with Crippen LogP contribution in [-0.2, 0) is 10.8 Å². The van der Waals surface area contributed by atoms with Gasteiger partial charge in [-0.2, -0.15) is 0 Å². The molecule has 1 unspecified atom stereocenters. The minimum Gasteiger partial charge on any atom is -0.260 e. The van der Waals surface area contributed by atoms with Crippen LogP contribution in [0.5, 0.6) is 0 Å². The Morgan fingerprint density at radius 3 is 1.75 bits per heavy atom. The first kappa shape index (κ1) is 12.2. The molecule has 0 aliphatic rings. The first-order chi connectivity index (χ1) is 5.45. The van der Waals surface area contributed by atoms with Crippen molar-refractivity contribution in [2.75, 3.05) is 12.0 Å². The van der Waals surface area contributed by atoms with Crippen molar-refractivity contribution in [3.05, 3.63) is 0 Å². The van der Waals surface area contributed by atoms with Crippen LogP contribution >= 0.6 is 0 Å². The molecule has 0 aliphatic carbocycles. The van der Waals surface area contributed by atoms with Crippen molar-refractivity contribution in [1.82, 2.24) is 0 Å². The van der Waals surface area contributed by atoms with E-state index in [2.05, 4.69) is 27.7 Å². The average molecular weight is 190 g/mol. The third-order valence-electron chi connectivity index (χ3n) is 2.45. The summed E-state index contributed by atoms with van der Waals surface area (Å²) in [6.45, 7) is 9.01. The van der Waals surface area contributed by atoms with E-state index in [0.717, 1.165) is 18.1 Å². The number of hydrogen-bond donors (Lipinski definition) is 0. The van der Waals surface area contributed by atoms with Gasteiger partial charge in [0.25, 0.3) is 0 Å². The minimum atomic E-state index is -0.619. The number of hydrogen-bond acceptors (Lipinski definition) is 1. The topological polar surface area (TPSA) is 17.1 Å². The zero-order valence-electron chi connectivity index (χ0n) is 8.96. The Morgan fingerprint density at radius 1 is 1.08 bits per heavy atom. The van der Waals surface area contributed by atoms with Crippen LogP contribution in [0.25, 0.3) is 0 Å². The van der Waals surface area contributed by atoms with E-state index in [0.29, 0.717) is 11.8 Å². The summed E-state index contributed by atoms with van der Waals surface area (Å²) in [5, 5.41) is 0. The van der Waals surface area contributed by atoms with E-state index in [4.69, 9.17) is 0 Å². The maximum absolute atomic E-state index is 10.9. The van der Waals surface area contributed by atoms with Crippen LogP contribution in [0.15, 0.2) is 0 Å². The van der Waals surface area contributed by atoms with Gasteiger partial charge in [0.2, 0.25) is 0 Å². The van der Waals surface area contributed by atoms with Crippen molar-refractivity contribution in [3.8, 4) is 0 Å². The Hall–Kier alpha value is 0.150. The van der Waals surface area contributed by atoms with E-state index in [1.54, 1.807) is 6.26 Å². The third kappa shape index (κ3) is 4.91. The van der Waals surface area contributed by atoms with E-state index < -0.39 is 10.8 Å². The summed E-state index contributed by atoms with van der Waals surface area (Å²) in [6, 6.07) is 0. The van der Waals surface area contributed by atoms with Gasteiger partial charge in [-0.15, -0.1) is 0 Å². The molecule has 2 heteroatoms. The fourth-order valence-electron chi connectivity index (χ4n) is 1.74. The van der Waals surface area contributed by atoms with Gasteiger partial charge in [0.05, 0.1) is 0 Å². The zero-order valence-corrected chi connectivity index (χ0v) is 9.78. The molecule has 74 valence electrons. The second kappa shape index (κ2) is 5.74. The minimum absolute atomic E-state index is 0.619. The molecule has 0 rings (SSSR count). The summed E-state index contributed by atoms with van der Waals surface area (Å²) in [5.41, 5.74) is 0. The second-order valence-corrected chi connectivity index (χ2v) is 5.77. The normalized spacial score (nSPS) is 14.7. The monoisotopic (exact) mass is 190 g/mol. The fourth-order valence-corrected chi connectivity index (χ4v) is 2.34. The van der Waals surface area contributed by atoms with Gasteiger partial charge in [-0.25, -0.2) is 0 Å². The largest absolute Gasteiger partial charge is 0.260 e. The first-order valence-electron chi connectivity index (χ1n) is 4.75. The molecule has 1 atom stereocenters. The zero-order chi connectivity index (χ0) is 9.72. The smallest absolute Gasteiger partial charge is 0.0234 e. The van der Waals surface area contributed by atoms with Crippen LogP contribution in [0.1, 0.15) is 34.1 Å². The van der Waals surface area contributed by atoms with Gasteiger partial charge in [-0.05, 0) is 24.2 Å². The summed E-state index contributed by atoms with van der Waals surface area (Å²) in [6.07, 6.45) is 2.90. The van der Waals surface area contributed by atoms with Gasteiger partial charge < -0.3 is 0 Å². The molecule has 0 heterocycles. The molecule has 1 nitrogen and oxygen atoms in total. The summed E-state index contributed by atoms with van der Waals surface area (Å²) in [4.78, 5) is 0. The molecular formula is C10H22OS. The van der Waals surface area contributed by atoms with Crippen molar-refractivity contribution < 1.29 is 4.21 Å². The lowest BCUT2D eigenvalue weighted by Gasteiger charge is -2.24. The summed E-state index contributed by atoms with van der Waals surface area (Å²) < 4.78 is 10.9. The predicted molar refractivity (Wildman–Crippen MR) is 56.7 cm³/mol. The maximum atomic E-state index is 10.9. The Bertz CT molecular complexity index is 133. The van der Waals surface area contributed by atoms with Gasteiger partial charge in [0, 0.05) is 22.8 Å². The molecule has 0 N–H and O–H groups in total. The van der Waals surface area contributed by atoms with Crippen molar-refractivity contribution in [2.24, 2.45) is 17.8 Å². The molecule has 0 aromatic carbocycles. The molecule has 0 saturated carbocycles. The van der Waals surface area contributed by atoms with E-state index in [-0.39, 0.29) is 0 Å². The molecule has 0 spiro atoms. The molecule has 0 amide bonds. The molecular weight excluding hydrogens is 168 g/mol. The molecule has 0 bridgehead atoms. The molecule has 0 saturated heterocycles. The fraction of sp³-hybridized carbons (Fsp3) is 1.00. The summed E-state index contributed by atoms with van der Waals surface area (Å²) >= 11 is 0. The van der Waals surface area contributed by atoms with E-state index >= 15 is 0 Å². The Morgan fingerprint density at radius 2 is 1.50 bits per heavy atom. The molecule has 0 aromatic heterocycles. The van der Waals surface area contributed by atoms with Crippen molar-refractivity contribution in [1.29, 1.82) is 0 Å². The molecule has 0 radical (unpaired) electrons. The second-order valence-electron chi connectivity index (χ2n) is 4.22. The first-order valence-corrected chi connectivity index (χ1v) is 6.48. The van der Waals surface area contributed by atoms with Gasteiger partial charge in [0.15, 0.2) is 0 Å². The highest BCUT2D eigenvalue weighted by Crippen LogP contribution is 2.23. The Balaban J connectivity index is 3.88. The highest BCUT2D eigenvalue weighted by Gasteiger charge is 2.17. The van der Waals surface area contributed by atoms with E-state index in [9.17, 15) is 4.21 Å². The molecule has 0 aromatic rings. The maximum Gasteiger partial charge on any atom is 0.0234 e. The standard InChI is InChI=1S/C10H22OS/c1-8(2)10(9(3)4)6-7-12(5)11/h8-10H,6-7H2,1-5H3. The van der Waals surface area contributed by atoms with Crippen LogP contribution in [0.4, 0.5) is 0 Å². The van der Waals surface area contributed by atoms with Crippen LogP contribution in [-0.4, -0.2) is 16.2 Å². The van der Waals surface area contributed by atoms with Gasteiger partial charge in [-0.1, -0.05) is 27.7 Å². The lowest BCUT2D eigenvalue weighted by molar-refractivity contribution is 0.281. The Kier molecular flexibility index (Phi) is 5.81. The highest BCUT2D eigenvalue weighted by atomic mass is 32.2. The summed E-state index contributed by atoms with van der Waals surface area (Å²) in [7, 11) is -0.619. The lowest BCUT2D eigenvalue weighted by Crippen LogP contribution is -2.18.